The van der Waals surface area contributed by atoms with Gasteiger partial charge in [0.05, 0.1) is 0 Å². The molecule has 1 N–H and O–H groups in total. The first-order valence-corrected chi connectivity index (χ1v) is 6.18. The molecule has 2 nitrogen and oxygen atoms in total. The van der Waals surface area contributed by atoms with Gasteiger partial charge in [0.25, 0.3) is 0 Å². The SMILES string of the molecule is ClCC(Cc1ccccc1)Nc1ccncc1. The van der Waals surface area contributed by atoms with Crippen molar-refractivity contribution in [2.45, 2.75) is 12.5 Å². The Morgan fingerprint density at radius 2 is 1.76 bits per heavy atom. The van der Waals surface area contributed by atoms with E-state index in [-0.39, 0.29) is 6.04 Å². The molecule has 0 aliphatic rings. The van der Waals surface area contributed by atoms with E-state index in [9.17, 15) is 0 Å². The van der Waals surface area contributed by atoms with E-state index in [1.807, 2.05) is 30.3 Å². The van der Waals surface area contributed by atoms with Crippen molar-refractivity contribution in [3.05, 3.63) is 60.4 Å². The Labute approximate surface area is 107 Å². The lowest BCUT2D eigenvalue weighted by molar-refractivity contribution is 0.797. The van der Waals surface area contributed by atoms with Crippen LogP contribution in [0.1, 0.15) is 5.56 Å². The Balaban J connectivity index is 1.98. The molecule has 1 heterocycles. The largest absolute Gasteiger partial charge is 0.381 e. The lowest BCUT2D eigenvalue weighted by Gasteiger charge is -2.17. The van der Waals surface area contributed by atoms with Gasteiger partial charge in [0.1, 0.15) is 0 Å². The van der Waals surface area contributed by atoms with Crippen LogP contribution in [0.5, 0.6) is 0 Å². The molecule has 0 radical (unpaired) electrons. The zero-order valence-electron chi connectivity index (χ0n) is 9.51. The number of halogens is 1. The Morgan fingerprint density at radius 1 is 1.06 bits per heavy atom. The van der Waals surface area contributed by atoms with Crippen LogP contribution in [0.2, 0.25) is 0 Å². The van der Waals surface area contributed by atoms with Gasteiger partial charge in [-0.3, -0.25) is 4.98 Å². The minimum atomic E-state index is 0.237. The molecule has 1 atom stereocenters. The predicted octanol–water partition coefficient (Wildman–Crippen LogP) is 3.34. The molecule has 0 bridgehead atoms. The molecule has 17 heavy (non-hydrogen) atoms. The summed E-state index contributed by atoms with van der Waals surface area (Å²) in [7, 11) is 0. The zero-order chi connectivity index (χ0) is 11.9. The Morgan fingerprint density at radius 3 is 2.41 bits per heavy atom. The van der Waals surface area contributed by atoms with Crippen LogP contribution in [0.4, 0.5) is 5.69 Å². The summed E-state index contributed by atoms with van der Waals surface area (Å²) in [4.78, 5) is 3.99. The van der Waals surface area contributed by atoms with Crippen molar-refractivity contribution in [1.82, 2.24) is 4.98 Å². The maximum atomic E-state index is 5.99. The summed E-state index contributed by atoms with van der Waals surface area (Å²) in [6.45, 7) is 0. The van der Waals surface area contributed by atoms with Gasteiger partial charge in [-0.1, -0.05) is 30.3 Å². The zero-order valence-corrected chi connectivity index (χ0v) is 10.3. The third-order valence-electron chi connectivity index (χ3n) is 2.56. The first kappa shape index (κ1) is 11.9. The normalized spacial score (nSPS) is 12.1. The quantitative estimate of drug-likeness (QED) is 0.819. The van der Waals surface area contributed by atoms with Crippen molar-refractivity contribution in [1.29, 1.82) is 0 Å². The van der Waals surface area contributed by atoms with Gasteiger partial charge in [0.2, 0.25) is 0 Å². The highest BCUT2D eigenvalue weighted by Crippen LogP contribution is 2.11. The topological polar surface area (TPSA) is 24.9 Å². The summed E-state index contributed by atoms with van der Waals surface area (Å²) in [6, 6.07) is 14.5. The number of hydrogen-bond donors (Lipinski definition) is 1. The van der Waals surface area contributed by atoms with E-state index in [0.29, 0.717) is 5.88 Å². The minimum Gasteiger partial charge on any atom is -0.381 e. The summed E-state index contributed by atoms with van der Waals surface area (Å²) in [6.07, 6.45) is 4.47. The van der Waals surface area contributed by atoms with Gasteiger partial charge in [0, 0.05) is 30.0 Å². The van der Waals surface area contributed by atoms with Gasteiger partial charge in [-0.2, -0.15) is 0 Å². The lowest BCUT2D eigenvalue weighted by Crippen LogP contribution is -2.24. The molecule has 0 saturated carbocycles. The highest BCUT2D eigenvalue weighted by atomic mass is 35.5. The first-order valence-electron chi connectivity index (χ1n) is 5.65. The van der Waals surface area contributed by atoms with Crippen LogP contribution in [0.15, 0.2) is 54.9 Å². The molecule has 1 unspecified atom stereocenters. The van der Waals surface area contributed by atoms with Crippen LogP contribution in [0.3, 0.4) is 0 Å². The summed E-state index contributed by atoms with van der Waals surface area (Å²) in [5, 5.41) is 3.41. The molecule has 3 heteroatoms. The van der Waals surface area contributed by atoms with E-state index in [2.05, 4.69) is 22.4 Å². The Kier molecular flexibility index (Phi) is 4.39. The van der Waals surface area contributed by atoms with Crippen LogP contribution >= 0.6 is 11.6 Å². The molecule has 1 aromatic heterocycles. The van der Waals surface area contributed by atoms with Crippen LogP contribution in [-0.2, 0) is 6.42 Å². The highest BCUT2D eigenvalue weighted by molar-refractivity contribution is 6.18. The van der Waals surface area contributed by atoms with Crippen LogP contribution in [0, 0.1) is 0 Å². The van der Waals surface area contributed by atoms with E-state index in [1.165, 1.54) is 5.56 Å². The van der Waals surface area contributed by atoms with Crippen LogP contribution in [-0.4, -0.2) is 16.9 Å². The molecule has 0 aliphatic heterocycles. The van der Waals surface area contributed by atoms with Gasteiger partial charge >= 0.3 is 0 Å². The standard InChI is InChI=1S/C14H15ClN2/c15-11-14(10-12-4-2-1-3-5-12)17-13-6-8-16-9-7-13/h1-9,14H,10-11H2,(H,16,17). The molecule has 0 aliphatic carbocycles. The second-order valence-corrected chi connectivity index (χ2v) is 4.23. The average Bonchev–Trinajstić information content (AvgIpc) is 2.40. The molecule has 1 aromatic carbocycles. The summed E-state index contributed by atoms with van der Waals surface area (Å²) >= 11 is 5.99. The molecule has 0 fully saturated rings. The van der Waals surface area contributed by atoms with E-state index >= 15 is 0 Å². The van der Waals surface area contributed by atoms with Crippen molar-refractivity contribution in [2.24, 2.45) is 0 Å². The third-order valence-corrected chi connectivity index (χ3v) is 2.93. The minimum absolute atomic E-state index is 0.237. The number of benzene rings is 1. The number of aromatic nitrogens is 1. The van der Waals surface area contributed by atoms with Crippen molar-refractivity contribution in [2.75, 3.05) is 11.2 Å². The third kappa shape index (κ3) is 3.75. The smallest absolute Gasteiger partial charge is 0.0437 e. The van der Waals surface area contributed by atoms with Crippen LogP contribution < -0.4 is 5.32 Å². The fraction of sp³-hybridized carbons (Fsp3) is 0.214. The average molecular weight is 247 g/mol. The van der Waals surface area contributed by atoms with Gasteiger partial charge in [0.15, 0.2) is 0 Å². The number of nitrogens with one attached hydrogen (secondary N) is 1. The predicted molar refractivity (Wildman–Crippen MR) is 72.5 cm³/mol. The molecule has 0 amide bonds. The van der Waals surface area contributed by atoms with Crippen LogP contribution in [0.25, 0.3) is 0 Å². The van der Waals surface area contributed by atoms with Crippen molar-refractivity contribution in [3.63, 3.8) is 0 Å². The van der Waals surface area contributed by atoms with Crippen molar-refractivity contribution in [3.8, 4) is 0 Å². The summed E-state index contributed by atoms with van der Waals surface area (Å²) < 4.78 is 0. The number of rotatable bonds is 5. The second kappa shape index (κ2) is 6.26. The number of alkyl halides is 1. The Bertz CT molecular complexity index is 389. The van der Waals surface area contributed by atoms with Gasteiger partial charge in [-0.15, -0.1) is 11.6 Å². The van der Waals surface area contributed by atoms with Gasteiger partial charge in [-0.05, 0) is 24.1 Å². The monoisotopic (exact) mass is 246 g/mol. The molecule has 2 rings (SSSR count). The number of nitrogens with zero attached hydrogens (tertiary/aromatic N) is 1. The number of hydrogen-bond acceptors (Lipinski definition) is 2. The molecule has 0 saturated heterocycles. The fourth-order valence-corrected chi connectivity index (χ4v) is 1.91. The van der Waals surface area contributed by atoms with E-state index in [0.717, 1.165) is 12.1 Å². The number of anilines is 1. The highest BCUT2D eigenvalue weighted by Gasteiger charge is 2.07. The molecular weight excluding hydrogens is 232 g/mol. The molecule has 2 aromatic rings. The van der Waals surface area contributed by atoms with E-state index in [4.69, 9.17) is 11.6 Å². The number of pyridine rings is 1. The Hall–Kier alpha value is -1.54. The molecule has 88 valence electrons. The van der Waals surface area contributed by atoms with E-state index < -0.39 is 0 Å². The second-order valence-electron chi connectivity index (χ2n) is 3.92. The molecular formula is C14H15ClN2. The van der Waals surface area contributed by atoms with Gasteiger partial charge < -0.3 is 5.32 Å². The lowest BCUT2D eigenvalue weighted by atomic mass is 10.1. The fourth-order valence-electron chi connectivity index (χ4n) is 1.73. The van der Waals surface area contributed by atoms with E-state index in [1.54, 1.807) is 12.4 Å². The maximum Gasteiger partial charge on any atom is 0.0437 e. The summed E-state index contributed by atoms with van der Waals surface area (Å²) in [5.74, 6) is 0.581. The maximum absolute atomic E-state index is 5.99. The molecule has 0 spiro atoms. The first-order chi connectivity index (χ1) is 8.38. The summed E-state index contributed by atoms with van der Waals surface area (Å²) in [5.41, 5.74) is 2.35. The van der Waals surface area contributed by atoms with Crippen molar-refractivity contribution < 1.29 is 0 Å². The van der Waals surface area contributed by atoms with Gasteiger partial charge in [-0.25, -0.2) is 0 Å². The van der Waals surface area contributed by atoms with Crippen molar-refractivity contribution >= 4 is 17.3 Å².